The first-order valence-corrected chi connectivity index (χ1v) is 22.3. The molecule has 2 N–H and O–H groups in total. The molecule has 4 saturated carbocycles. The normalized spacial score (nSPS) is 34.0. The van der Waals surface area contributed by atoms with Gasteiger partial charge in [0, 0.05) is 36.5 Å². The molecular formula is C48H68N6O6. The van der Waals surface area contributed by atoms with Crippen molar-refractivity contribution in [1.29, 1.82) is 5.26 Å². The van der Waals surface area contributed by atoms with Gasteiger partial charge in [0.25, 0.3) is 0 Å². The SMILES string of the molecule is CC(C)C1=C2[C@H]3CC[C@@H]4[C@@]5(C)CC[C@H](OC(=O)CC(C)(C)C(=O)O)C(C)(C)[C@@H]5CC[C@@]4(C)[C@]3(C)CC[C@@]2(C(O)c2nnc(-c3ccc(C#N)cn3)n2CCN(C)C)CC1=O. The summed E-state index contributed by atoms with van der Waals surface area (Å²) in [5, 5.41) is 41.4. The van der Waals surface area contributed by atoms with Crippen molar-refractivity contribution in [3.63, 3.8) is 0 Å². The number of rotatable bonds is 11. The lowest BCUT2D eigenvalue weighted by atomic mass is 9.33. The van der Waals surface area contributed by atoms with E-state index < -0.39 is 28.9 Å². The molecule has 0 amide bonds. The molecule has 12 nitrogen and oxygen atoms in total. The Bertz CT molecular complexity index is 2110. The third-order valence-corrected chi connectivity index (χ3v) is 17.3. The maximum Gasteiger partial charge on any atom is 0.309 e. The van der Waals surface area contributed by atoms with Gasteiger partial charge >= 0.3 is 11.9 Å². The Kier molecular flexibility index (Phi) is 11.1. The lowest BCUT2D eigenvalue weighted by Crippen LogP contribution is -2.66. The molecule has 326 valence electrons. The average molecular weight is 825 g/mol. The minimum absolute atomic E-state index is 0.00125. The predicted molar refractivity (Wildman–Crippen MR) is 227 cm³/mol. The number of Topliss-reactive ketones (excluding diaryl/α,β-unsaturated/α-hetero) is 1. The summed E-state index contributed by atoms with van der Waals surface area (Å²) in [7, 11) is 4.01. The van der Waals surface area contributed by atoms with Crippen molar-refractivity contribution in [2.24, 2.45) is 56.2 Å². The molecule has 2 aromatic heterocycles. The number of carboxylic acids is 1. The largest absolute Gasteiger partial charge is 0.481 e. The Morgan fingerprint density at radius 2 is 1.72 bits per heavy atom. The van der Waals surface area contributed by atoms with Gasteiger partial charge in [-0.25, -0.2) is 0 Å². The molecule has 1 unspecified atom stereocenters. The first-order valence-electron chi connectivity index (χ1n) is 22.3. The van der Waals surface area contributed by atoms with Crippen molar-refractivity contribution < 1.29 is 29.3 Å². The van der Waals surface area contributed by atoms with Gasteiger partial charge in [0.2, 0.25) is 0 Å². The van der Waals surface area contributed by atoms with E-state index in [4.69, 9.17) is 9.84 Å². The Morgan fingerprint density at radius 1 is 1.00 bits per heavy atom. The molecular weight excluding hydrogens is 757 g/mol. The minimum atomic E-state index is -1.19. The minimum Gasteiger partial charge on any atom is -0.481 e. The van der Waals surface area contributed by atoms with Crippen molar-refractivity contribution >= 4 is 17.7 Å². The van der Waals surface area contributed by atoms with E-state index in [1.807, 2.05) is 18.7 Å². The zero-order chi connectivity index (χ0) is 44.0. The Labute approximate surface area is 356 Å². The molecule has 0 spiro atoms. The summed E-state index contributed by atoms with van der Waals surface area (Å²) in [6.07, 6.45) is 7.48. The van der Waals surface area contributed by atoms with Crippen LogP contribution in [-0.2, 0) is 25.7 Å². The molecule has 0 aliphatic heterocycles. The number of nitriles is 1. The molecule has 60 heavy (non-hydrogen) atoms. The van der Waals surface area contributed by atoms with E-state index in [0.29, 0.717) is 54.3 Å². The van der Waals surface area contributed by atoms with Gasteiger partial charge in [0.05, 0.1) is 17.4 Å². The highest BCUT2D eigenvalue weighted by molar-refractivity contribution is 6.00. The summed E-state index contributed by atoms with van der Waals surface area (Å²) in [5.41, 5.74) is 0.634. The monoisotopic (exact) mass is 825 g/mol. The smallest absolute Gasteiger partial charge is 0.309 e. The Morgan fingerprint density at radius 3 is 2.33 bits per heavy atom. The Balaban J connectivity index is 1.23. The van der Waals surface area contributed by atoms with E-state index in [1.165, 1.54) is 6.20 Å². The number of likely N-dealkylation sites (N-methyl/N-ethyl adjacent to an activating group) is 1. The number of fused-ring (bicyclic) bond motifs is 7. The summed E-state index contributed by atoms with van der Waals surface area (Å²) in [6, 6.07) is 5.62. The molecule has 2 heterocycles. The number of aliphatic carboxylic acids is 1. The molecule has 7 rings (SSSR count). The quantitative estimate of drug-likeness (QED) is 0.209. The van der Waals surface area contributed by atoms with Crippen LogP contribution in [0.4, 0.5) is 0 Å². The predicted octanol–water partition coefficient (Wildman–Crippen LogP) is 8.20. The number of hydrogen-bond acceptors (Lipinski definition) is 10. The second kappa shape index (κ2) is 15.1. The van der Waals surface area contributed by atoms with Crippen molar-refractivity contribution in [3.05, 3.63) is 40.9 Å². The molecule has 0 radical (unpaired) electrons. The zero-order valence-electron chi connectivity index (χ0n) is 37.9. The molecule has 2 aromatic rings. The van der Waals surface area contributed by atoms with Gasteiger partial charge in [-0.15, -0.1) is 10.2 Å². The lowest BCUT2D eigenvalue weighted by molar-refractivity contribution is -0.235. The number of allylic oxidation sites excluding steroid dienone is 1. The van der Waals surface area contributed by atoms with Gasteiger partial charge in [-0.3, -0.25) is 19.4 Å². The van der Waals surface area contributed by atoms with E-state index in [-0.39, 0.29) is 58.2 Å². The molecule has 12 heteroatoms. The van der Waals surface area contributed by atoms with Crippen LogP contribution in [-0.4, -0.2) is 79.3 Å². The fraction of sp³-hybridized carbons (Fsp3) is 0.729. The fourth-order valence-electron chi connectivity index (χ4n) is 13.9. The van der Waals surface area contributed by atoms with Gasteiger partial charge in [-0.1, -0.05) is 48.5 Å². The van der Waals surface area contributed by atoms with Gasteiger partial charge in [0.1, 0.15) is 24.0 Å². The number of nitrogens with zero attached hydrogens (tertiary/aromatic N) is 6. The molecule has 4 fully saturated rings. The zero-order valence-corrected chi connectivity index (χ0v) is 37.9. The third kappa shape index (κ3) is 6.67. The average Bonchev–Trinajstić information content (AvgIpc) is 3.73. The van der Waals surface area contributed by atoms with E-state index >= 15 is 0 Å². The number of ether oxygens (including phenoxy) is 1. The van der Waals surface area contributed by atoms with Crippen molar-refractivity contribution in [1.82, 2.24) is 24.6 Å². The summed E-state index contributed by atoms with van der Waals surface area (Å²) in [6.45, 7) is 20.6. The van der Waals surface area contributed by atoms with Crippen LogP contribution in [0.3, 0.4) is 0 Å². The van der Waals surface area contributed by atoms with Crippen molar-refractivity contribution in [3.8, 4) is 17.6 Å². The van der Waals surface area contributed by atoms with Crippen LogP contribution < -0.4 is 0 Å². The van der Waals surface area contributed by atoms with Crippen LogP contribution in [0.5, 0.6) is 0 Å². The van der Waals surface area contributed by atoms with Gasteiger partial charge in [-0.05, 0) is 143 Å². The van der Waals surface area contributed by atoms with Gasteiger partial charge < -0.3 is 24.4 Å². The number of esters is 1. The summed E-state index contributed by atoms with van der Waals surface area (Å²) in [5.74, 6) is 0.536. The number of carbonyl (C=O) groups excluding carboxylic acids is 2. The highest BCUT2D eigenvalue weighted by Gasteiger charge is 2.71. The van der Waals surface area contributed by atoms with Crippen LogP contribution in [0.1, 0.15) is 144 Å². The number of pyridine rings is 1. The molecule has 0 saturated heterocycles. The van der Waals surface area contributed by atoms with Gasteiger partial charge in [-0.2, -0.15) is 5.26 Å². The number of aromatic nitrogens is 4. The standard InChI is InChI=1S/C48H68N6O6/c1-28(2)37-32(55)24-48(39(57)41-52-51-40(54(41)23-22-53(10)11)31-14-12-29(26-49)27-50-31)21-20-46(8)30(38(37)48)13-15-34-45(7)18-17-35(60-36(56)25-43(3,4)42(58)59)44(5,6)33(45)16-19-47(34,46)9/h12,14,27-28,30,33-35,39,57H,13,15-25H2,1-11H3,(H,58,59)/t30-,33+,34-,35+,39?,45+,46-,47-,48-/m1/s1. The summed E-state index contributed by atoms with van der Waals surface area (Å²) in [4.78, 5) is 46.1. The number of carboxylic acid groups (broad SMARTS) is 1. The topological polar surface area (TPSA) is 172 Å². The van der Waals surface area contributed by atoms with E-state index in [0.717, 1.165) is 56.1 Å². The van der Waals surface area contributed by atoms with E-state index in [9.17, 15) is 29.9 Å². The van der Waals surface area contributed by atoms with E-state index in [2.05, 4.69) is 69.5 Å². The van der Waals surface area contributed by atoms with Crippen molar-refractivity contribution in [2.45, 2.75) is 145 Å². The van der Waals surface area contributed by atoms with Crippen LogP contribution in [0.15, 0.2) is 29.5 Å². The second-order valence-corrected chi connectivity index (χ2v) is 21.8. The van der Waals surface area contributed by atoms with Crippen LogP contribution in [0.2, 0.25) is 0 Å². The van der Waals surface area contributed by atoms with Crippen molar-refractivity contribution in [2.75, 3.05) is 20.6 Å². The lowest BCUT2D eigenvalue weighted by Gasteiger charge is -2.72. The van der Waals surface area contributed by atoms with Crippen LogP contribution in [0, 0.1) is 67.5 Å². The number of ketones is 1. The van der Waals surface area contributed by atoms with Crippen LogP contribution in [0.25, 0.3) is 11.5 Å². The number of carbonyl (C=O) groups is 3. The molecule has 5 aliphatic carbocycles. The van der Waals surface area contributed by atoms with Gasteiger partial charge in [0.15, 0.2) is 17.4 Å². The number of hydrogen-bond donors (Lipinski definition) is 2. The number of aliphatic hydroxyl groups is 1. The van der Waals surface area contributed by atoms with E-state index in [1.54, 1.807) is 26.0 Å². The maximum absolute atomic E-state index is 14.5. The molecule has 5 aliphatic rings. The number of aliphatic hydroxyl groups excluding tert-OH is 1. The Hall–Kier alpha value is -3.95. The first kappa shape index (κ1) is 44.1. The highest BCUT2D eigenvalue weighted by Crippen LogP contribution is 2.77. The second-order valence-electron chi connectivity index (χ2n) is 21.8. The third-order valence-electron chi connectivity index (χ3n) is 17.3. The summed E-state index contributed by atoms with van der Waals surface area (Å²) < 4.78 is 8.17. The first-order chi connectivity index (χ1) is 28.0. The highest BCUT2D eigenvalue weighted by atomic mass is 16.5. The molecule has 0 bridgehead atoms. The molecule has 0 aromatic carbocycles. The van der Waals surface area contributed by atoms with Crippen LogP contribution >= 0.6 is 0 Å². The maximum atomic E-state index is 14.5. The fourth-order valence-corrected chi connectivity index (χ4v) is 13.9. The molecule has 9 atom stereocenters. The summed E-state index contributed by atoms with van der Waals surface area (Å²) >= 11 is 0.